The lowest BCUT2D eigenvalue weighted by Crippen LogP contribution is -2.47. The molecule has 20 heavy (non-hydrogen) atoms. The average molecular weight is 308 g/mol. The van der Waals surface area contributed by atoms with Gasteiger partial charge in [-0.25, -0.2) is 0 Å². The normalized spacial score (nSPS) is 18.2. The van der Waals surface area contributed by atoms with E-state index in [1.54, 1.807) is 0 Å². The molecular formula is C10H14F6N2O2. The van der Waals surface area contributed by atoms with Gasteiger partial charge in [0.2, 0.25) is 12.0 Å². The van der Waals surface area contributed by atoms with E-state index in [2.05, 4.69) is 10.1 Å². The largest absolute Gasteiger partial charge is 0.423 e. The Balaban J connectivity index is 2.56. The molecule has 0 unspecified atom stereocenters. The van der Waals surface area contributed by atoms with Crippen LogP contribution in [0.15, 0.2) is 0 Å². The zero-order valence-electron chi connectivity index (χ0n) is 10.4. The third-order valence-electron chi connectivity index (χ3n) is 2.66. The highest BCUT2D eigenvalue weighted by atomic mass is 19.4. The van der Waals surface area contributed by atoms with Gasteiger partial charge in [-0.3, -0.25) is 4.79 Å². The predicted molar refractivity (Wildman–Crippen MR) is 55.9 cm³/mol. The molecule has 118 valence electrons. The predicted octanol–water partition coefficient (Wildman–Crippen LogP) is 1.32. The van der Waals surface area contributed by atoms with Crippen molar-refractivity contribution in [3.05, 3.63) is 0 Å². The summed E-state index contributed by atoms with van der Waals surface area (Å²) in [6, 6.07) is 0. The van der Waals surface area contributed by atoms with Crippen molar-refractivity contribution in [2.24, 2.45) is 0 Å². The molecule has 0 aromatic carbocycles. The molecular weight excluding hydrogens is 294 g/mol. The number of rotatable bonds is 3. The summed E-state index contributed by atoms with van der Waals surface area (Å²) in [6.07, 6.45) is -14.6. The molecule has 0 spiro atoms. The summed E-state index contributed by atoms with van der Waals surface area (Å²) in [6.45, 7) is 0.332. The van der Waals surface area contributed by atoms with Gasteiger partial charge >= 0.3 is 12.4 Å². The average Bonchev–Trinajstić information content (AvgIpc) is 2.53. The summed E-state index contributed by atoms with van der Waals surface area (Å²) >= 11 is 0. The summed E-state index contributed by atoms with van der Waals surface area (Å²) in [4.78, 5) is 12.7. The number of amides is 1. The van der Waals surface area contributed by atoms with Crippen LogP contribution in [-0.2, 0) is 9.53 Å². The standard InChI is InChI=1S/C10H14F6N2O2/c11-9(12,13)8(10(14,15)16)20-6-7(19)18-4-1-2-17-3-5-18/h8,17H,1-6H2. The van der Waals surface area contributed by atoms with Crippen LogP contribution in [0.5, 0.6) is 0 Å². The number of nitrogens with one attached hydrogen (secondary N) is 1. The van der Waals surface area contributed by atoms with E-state index in [4.69, 9.17) is 0 Å². The van der Waals surface area contributed by atoms with Crippen LogP contribution in [0.2, 0.25) is 0 Å². The Bertz CT molecular complexity index is 309. The van der Waals surface area contributed by atoms with E-state index >= 15 is 0 Å². The lowest BCUT2D eigenvalue weighted by molar-refractivity contribution is -0.320. The quantitative estimate of drug-likeness (QED) is 0.800. The van der Waals surface area contributed by atoms with Crippen LogP contribution >= 0.6 is 0 Å². The third kappa shape index (κ3) is 5.16. The number of carbonyl (C=O) groups excluding carboxylic acids is 1. The van der Waals surface area contributed by atoms with Crippen LogP contribution in [0.1, 0.15) is 6.42 Å². The van der Waals surface area contributed by atoms with Gasteiger partial charge in [-0.05, 0) is 13.0 Å². The van der Waals surface area contributed by atoms with Crippen molar-refractivity contribution in [2.75, 3.05) is 32.8 Å². The Labute approximate surface area is 111 Å². The molecule has 1 fully saturated rings. The van der Waals surface area contributed by atoms with Crippen molar-refractivity contribution in [3.63, 3.8) is 0 Å². The van der Waals surface area contributed by atoms with E-state index in [0.29, 0.717) is 19.5 Å². The van der Waals surface area contributed by atoms with E-state index < -0.39 is 31.0 Å². The van der Waals surface area contributed by atoms with Gasteiger partial charge in [0.1, 0.15) is 6.61 Å². The minimum Gasteiger partial charge on any atom is -0.351 e. The van der Waals surface area contributed by atoms with Gasteiger partial charge in [0.25, 0.3) is 0 Å². The van der Waals surface area contributed by atoms with E-state index in [0.717, 1.165) is 0 Å². The van der Waals surface area contributed by atoms with Gasteiger partial charge < -0.3 is 15.0 Å². The fraction of sp³-hybridized carbons (Fsp3) is 0.900. The molecule has 0 radical (unpaired) electrons. The highest BCUT2D eigenvalue weighted by Gasteiger charge is 2.58. The van der Waals surface area contributed by atoms with Crippen LogP contribution < -0.4 is 5.32 Å². The van der Waals surface area contributed by atoms with Crippen molar-refractivity contribution in [2.45, 2.75) is 24.9 Å². The highest BCUT2D eigenvalue weighted by Crippen LogP contribution is 2.35. The molecule has 1 N–H and O–H groups in total. The zero-order chi connectivity index (χ0) is 15.4. The van der Waals surface area contributed by atoms with E-state index in [-0.39, 0.29) is 13.1 Å². The minimum absolute atomic E-state index is 0.227. The summed E-state index contributed by atoms with van der Waals surface area (Å²) in [5.41, 5.74) is 0. The van der Waals surface area contributed by atoms with E-state index in [1.165, 1.54) is 4.90 Å². The van der Waals surface area contributed by atoms with Gasteiger partial charge in [0.15, 0.2) is 0 Å². The number of alkyl halides is 6. The lowest BCUT2D eigenvalue weighted by Gasteiger charge is -2.25. The summed E-state index contributed by atoms with van der Waals surface area (Å²) < 4.78 is 76.9. The van der Waals surface area contributed by atoms with Crippen LogP contribution in [0.3, 0.4) is 0 Å². The molecule has 0 saturated carbocycles. The van der Waals surface area contributed by atoms with Gasteiger partial charge in [-0.1, -0.05) is 0 Å². The highest BCUT2D eigenvalue weighted by molar-refractivity contribution is 5.77. The van der Waals surface area contributed by atoms with E-state index in [1.807, 2.05) is 0 Å². The van der Waals surface area contributed by atoms with Gasteiger partial charge in [-0.2, -0.15) is 26.3 Å². The first-order valence-corrected chi connectivity index (χ1v) is 5.86. The molecule has 1 rings (SSSR count). The molecule has 0 bridgehead atoms. The first-order chi connectivity index (χ1) is 9.12. The lowest BCUT2D eigenvalue weighted by atomic mass is 10.3. The van der Waals surface area contributed by atoms with Crippen molar-refractivity contribution in [1.82, 2.24) is 10.2 Å². The summed E-state index contributed by atoms with van der Waals surface area (Å²) in [7, 11) is 0. The maximum absolute atomic E-state index is 12.2. The smallest absolute Gasteiger partial charge is 0.351 e. The van der Waals surface area contributed by atoms with Crippen LogP contribution in [0, 0.1) is 0 Å². The van der Waals surface area contributed by atoms with Gasteiger partial charge in [0, 0.05) is 19.6 Å². The Morgan fingerprint density at radius 2 is 1.70 bits per heavy atom. The van der Waals surface area contributed by atoms with Crippen molar-refractivity contribution in [1.29, 1.82) is 0 Å². The topological polar surface area (TPSA) is 41.6 Å². The maximum atomic E-state index is 12.2. The van der Waals surface area contributed by atoms with Crippen LogP contribution in [-0.4, -0.2) is 62.0 Å². The molecule has 0 aromatic heterocycles. The fourth-order valence-electron chi connectivity index (χ4n) is 1.72. The third-order valence-corrected chi connectivity index (χ3v) is 2.66. The van der Waals surface area contributed by atoms with Crippen molar-refractivity contribution >= 4 is 5.91 Å². The molecule has 1 saturated heterocycles. The second-order valence-corrected chi connectivity index (χ2v) is 4.26. The maximum Gasteiger partial charge on any atom is 0.423 e. The molecule has 1 aliphatic rings. The molecule has 0 aliphatic carbocycles. The number of ether oxygens (including phenoxy) is 1. The Morgan fingerprint density at radius 3 is 2.25 bits per heavy atom. The number of hydrogen-bond acceptors (Lipinski definition) is 3. The zero-order valence-corrected chi connectivity index (χ0v) is 10.4. The Hall–Kier alpha value is -1.03. The fourth-order valence-corrected chi connectivity index (χ4v) is 1.72. The molecule has 1 aliphatic heterocycles. The number of carbonyl (C=O) groups is 1. The first-order valence-electron chi connectivity index (χ1n) is 5.86. The monoisotopic (exact) mass is 308 g/mol. The van der Waals surface area contributed by atoms with Crippen LogP contribution in [0.25, 0.3) is 0 Å². The second kappa shape index (κ2) is 6.61. The second-order valence-electron chi connectivity index (χ2n) is 4.26. The number of hydrogen-bond donors (Lipinski definition) is 1. The number of nitrogens with zero attached hydrogens (tertiary/aromatic N) is 1. The van der Waals surface area contributed by atoms with E-state index in [9.17, 15) is 31.1 Å². The molecule has 0 atom stereocenters. The molecule has 1 heterocycles. The number of halogens is 6. The summed E-state index contributed by atoms with van der Waals surface area (Å²) in [5, 5.41) is 2.95. The molecule has 4 nitrogen and oxygen atoms in total. The molecule has 0 aromatic rings. The van der Waals surface area contributed by atoms with Gasteiger partial charge in [-0.15, -0.1) is 0 Å². The van der Waals surface area contributed by atoms with Crippen LogP contribution in [0.4, 0.5) is 26.3 Å². The Kier molecular flexibility index (Phi) is 5.63. The van der Waals surface area contributed by atoms with Crippen molar-refractivity contribution < 1.29 is 35.9 Å². The SMILES string of the molecule is O=C(COC(C(F)(F)F)C(F)(F)F)N1CCCNCC1. The minimum atomic E-state index is -5.60. The van der Waals surface area contributed by atoms with Crippen molar-refractivity contribution in [3.8, 4) is 0 Å². The van der Waals surface area contributed by atoms with Gasteiger partial charge in [0.05, 0.1) is 0 Å². The summed E-state index contributed by atoms with van der Waals surface area (Å²) in [5.74, 6) is -0.882. The first kappa shape index (κ1) is 17.0. The Morgan fingerprint density at radius 1 is 1.10 bits per heavy atom. The molecule has 10 heteroatoms. The molecule has 1 amide bonds.